The summed E-state index contributed by atoms with van der Waals surface area (Å²) < 4.78 is 16.1. The lowest BCUT2D eigenvalue weighted by Gasteiger charge is -2.08. The van der Waals surface area contributed by atoms with Gasteiger partial charge in [0.25, 0.3) is 11.8 Å². The fraction of sp³-hybridized carbons (Fsp3) is 0.125. The molecule has 156 valence electrons. The van der Waals surface area contributed by atoms with Gasteiger partial charge in [0.15, 0.2) is 6.61 Å². The second kappa shape index (κ2) is 9.13. The van der Waals surface area contributed by atoms with E-state index < -0.39 is 0 Å². The van der Waals surface area contributed by atoms with Crippen LogP contribution in [0, 0.1) is 6.92 Å². The molecule has 0 saturated carbocycles. The van der Waals surface area contributed by atoms with E-state index in [9.17, 15) is 4.79 Å². The van der Waals surface area contributed by atoms with Crippen molar-refractivity contribution in [3.8, 4) is 34.3 Å². The number of anilines is 1. The van der Waals surface area contributed by atoms with Crippen LogP contribution in [0.2, 0.25) is 0 Å². The molecule has 0 atom stereocenters. The summed E-state index contributed by atoms with van der Waals surface area (Å²) in [6, 6.07) is 22.1. The van der Waals surface area contributed by atoms with Gasteiger partial charge in [-0.15, -0.1) is 0 Å². The average molecular weight is 415 g/mol. The highest BCUT2D eigenvalue weighted by Crippen LogP contribution is 2.25. The van der Waals surface area contributed by atoms with E-state index in [-0.39, 0.29) is 12.5 Å². The zero-order valence-corrected chi connectivity index (χ0v) is 17.2. The Morgan fingerprint density at radius 3 is 2.55 bits per heavy atom. The van der Waals surface area contributed by atoms with Crippen molar-refractivity contribution in [2.24, 2.45) is 0 Å². The summed E-state index contributed by atoms with van der Waals surface area (Å²) in [4.78, 5) is 16.7. The highest BCUT2D eigenvalue weighted by molar-refractivity contribution is 5.92. The van der Waals surface area contributed by atoms with E-state index >= 15 is 0 Å². The molecule has 4 rings (SSSR count). The predicted molar refractivity (Wildman–Crippen MR) is 117 cm³/mol. The number of rotatable bonds is 7. The van der Waals surface area contributed by atoms with Gasteiger partial charge >= 0.3 is 0 Å². The number of amides is 1. The molecule has 0 fully saturated rings. The van der Waals surface area contributed by atoms with Gasteiger partial charge in [0.2, 0.25) is 5.82 Å². The number of ether oxygens (including phenoxy) is 2. The molecule has 0 bridgehead atoms. The first-order chi connectivity index (χ1) is 15.1. The Kier molecular flexibility index (Phi) is 5.93. The van der Waals surface area contributed by atoms with Crippen LogP contribution in [0.1, 0.15) is 5.56 Å². The number of methoxy groups -OCH3 is 1. The lowest BCUT2D eigenvalue weighted by molar-refractivity contribution is -0.118. The van der Waals surface area contributed by atoms with Gasteiger partial charge in [0, 0.05) is 16.8 Å². The molecule has 4 aromatic rings. The lowest BCUT2D eigenvalue weighted by Crippen LogP contribution is -2.20. The maximum atomic E-state index is 12.3. The minimum atomic E-state index is -0.261. The molecular formula is C24H21N3O4. The Morgan fingerprint density at radius 1 is 0.968 bits per heavy atom. The monoisotopic (exact) mass is 415 g/mol. The average Bonchev–Trinajstić information content (AvgIpc) is 3.28. The first-order valence-corrected chi connectivity index (χ1v) is 9.68. The summed E-state index contributed by atoms with van der Waals surface area (Å²) in [6.07, 6.45) is 0. The molecule has 0 saturated heterocycles. The van der Waals surface area contributed by atoms with E-state index in [4.69, 9.17) is 14.0 Å². The van der Waals surface area contributed by atoms with Crippen molar-refractivity contribution >= 4 is 11.6 Å². The summed E-state index contributed by atoms with van der Waals surface area (Å²) in [6.45, 7) is 1.88. The van der Waals surface area contributed by atoms with Crippen LogP contribution in [-0.2, 0) is 4.79 Å². The number of aryl methyl sites for hydroxylation is 1. The largest absolute Gasteiger partial charge is 0.497 e. The van der Waals surface area contributed by atoms with Gasteiger partial charge in [0.05, 0.1) is 7.11 Å². The van der Waals surface area contributed by atoms with Crippen molar-refractivity contribution < 1.29 is 18.8 Å². The second-order valence-corrected chi connectivity index (χ2v) is 6.89. The lowest BCUT2D eigenvalue weighted by atomic mass is 10.2. The normalized spacial score (nSPS) is 10.5. The number of benzene rings is 3. The summed E-state index contributed by atoms with van der Waals surface area (Å²) in [5, 5.41) is 6.87. The van der Waals surface area contributed by atoms with E-state index in [1.54, 1.807) is 19.2 Å². The quantitative estimate of drug-likeness (QED) is 0.469. The molecule has 0 aliphatic heterocycles. The molecule has 7 nitrogen and oxygen atoms in total. The first-order valence-electron chi connectivity index (χ1n) is 9.68. The molecule has 1 heterocycles. The molecule has 0 aliphatic carbocycles. The van der Waals surface area contributed by atoms with E-state index in [0.717, 1.165) is 16.9 Å². The van der Waals surface area contributed by atoms with Crippen LogP contribution in [0.5, 0.6) is 11.5 Å². The van der Waals surface area contributed by atoms with E-state index in [2.05, 4.69) is 15.5 Å². The van der Waals surface area contributed by atoms with Gasteiger partial charge < -0.3 is 19.3 Å². The van der Waals surface area contributed by atoms with Crippen molar-refractivity contribution in [1.29, 1.82) is 0 Å². The van der Waals surface area contributed by atoms with Crippen LogP contribution in [0.3, 0.4) is 0 Å². The maximum absolute atomic E-state index is 12.3. The van der Waals surface area contributed by atoms with E-state index in [1.807, 2.05) is 67.6 Å². The predicted octanol–water partition coefficient (Wildman–Crippen LogP) is 4.74. The number of hydrogen-bond donors (Lipinski definition) is 1. The smallest absolute Gasteiger partial charge is 0.262 e. The van der Waals surface area contributed by atoms with Crippen LogP contribution in [-0.4, -0.2) is 29.8 Å². The first kappa shape index (κ1) is 20.2. The number of nitrogens with zero attached hydrogens (tertiary/aromatic N) is 2. The summed E-state index contributed by atoms with van der Waals surface area (Å²) >= 11 is 0. The zero-order chi connectivity index (χ0) is 21.6. The van der Waals surface area contributed by atoms with Crippen LogP contribution >= 0.6 is 0 Å². The van der Waals surface area contributed by atoms with Crippen molar-refractivity contribution in [3.05, 3.63) is 78.4 Å². The minimum absolute atomic E-state index is 0.0874. The molecule has 0 unspecified atom stereocenters. The molecule has 31 heavy (non-hydrogen) atoms. The highest BCUT2D eigenvalue weighted by Gasteiger charge is 2.12. The van der Waals surface area contributed by atoms with Crippen molar-refractivity contribution in [1.82, 2.24) is 10.1 Å². The molecule has 1 amide bonds. The van der Waals surface area contributed by atoms with Gasteiger partial charge in [-0.25, -0.2) is 0 Å². The Bertz CT molecular complexity index is 1190. The minimum Gasteiger partial charge on any atom is -0.497 e. The fourth-order valence-corrected chi connectivity index (χ4v) is 2.98. The SMILES string of the molecule is COc1ccc(-c2noc(-c3cccc(NC(=O)COc4cccc(C)c4)c3)n2)cc1. The summed E-state index contributed by atoms with van der Waals surface area (Å²) in [5.41, 5.74) is 3.19. The van der Waals surface area contributed by atoms with E-state index in [0.29, 0.717) is 28.7 Å². The molecule has 0 radical (unpaired) electrons. The molecule has 0 aliphatic rings. The van der Waals surface area contributed by atoms with Gasteiger partial charge in [0.1, 0.15) is 11.5 Å². The standard InChI is InChI=1S/C24H21N3O4/c1-16-5-3-8-21(13-16)30-15-22(28)25-19-7-4-6-18(14-19)24-26-23(27-31-24)17-9-11-20(29-2)12-10-17/h3-14H,15H2,1-2H3,(H,25,28). The van der Waals surface area contributed by atoms with Crippen LogP contribution < -0.4 is 14.8 Å². The Morgan fingerprint density at radius 2 is 1.77 bits per heavy atom. The third-order valence-corrected chi connectivity index (χ3v) is 4.53. The van der Waals surface area contributed by atoms with Crippen molar-refractivity contribution in [2.45, 2.75) is 6.92 Å². The third-order valence-electron chi connectivity index (χ3n) is 4.53. The van der Waals surface area contributed by atoms with Gasteiger partial charge in [-0.1, -0.05) is 23.4 Å². The van der Waals surface area contributed by atoms with Crippen LogP contribution in [0.4, 0.5) is 5.69 Å². The van der Waals surface area contributed by atoms with Crippen LogP contribution in [0.15, 0.2) is 77.3 Å². The van der Waals surface area contributed by atoms with Gasteiger partial charge in [-0.2, -0.15) is 4.98 Å². The van der Waals surface area contributed by atoms with Crippen molar-refractivity contribution in [2.75, 3.05) is 19.0 Å². The Labute approximate surface area is 179 Å². The molecule has 1 N–H and O–H groups in total. The summed E-state index contributed by atoms with van der Waals surface area (Å²) in [5.74, 6) is 1.97. The highest BCUT2D eigenvalue weighted by atomic mass is 16.5. The third kappa shape index (κ3) is 5.08. The molecule has 1 aromatic heterocycles. The number of aromatic nitrogens is 2. The number of carbonyl (C=O) groups excluding carboxylic acids is 1. The van der Waals surface area contributed by atoms with Crippen molar-refractivity contribution in [3.63, 3.8) is 0 Å². The van der Waals surface area contributed by atoms with E-state index in [1.165, 1.54) is 0 Å². The van der Waals surface area contributed by atoms with Gasteiger partial charge in [-0.3, -0.25) is 4.79 Å². The molecule has 0 spiro atoms. The summed E-state index contributed by atoms with van der Waals surface area (Å²) in [7, 11) is 1.61. The topological polar surface area (TPSA) is 86.5 Å². The Balaban J connectivity index is 1.42. The molecule has 3 aromatic carbocycles. The molecular weight excluding hydrogens is 394 g/mol. The molecule has 7 heteroatoms. The number of carbonyl (C=O) groups is 1. The zero-order valence-electron chi connectivity index (χ0n) is 17.2. The number of nitrogens with one attached hydrogen (secondary N) is 1. The van der Waals surface area contributed by atoms with Gasteiger partial charge in [-0.05, 0) is 67.1 Å². The van der Waals surface area contributed by atoms with Crippen LogP contribution in [0.25, 0.3) is 22.8 Å². The second-order valence-electron chi connectivity index (χ2n) is 6.89. The maximum Gasteiger partial charge on any atom is 0.262 e. The fourth-order valence-electron chi connectivity index (χ4n) is 2.98. The Hall–Kier alpha value is -4.13. The number of hydrogen-bond acceptors (Lipinski definition) is 6.